The number of ether oxygens (including phenoxy) is 1. The zero-order valence-electron chi connectivity index (χ0n) is 15.3. The number of nitrogens with zero attached hydrogens (tertiary/aromatic N) is 4. The SMILES string of the molecule is Cc1cn2cc(NC(=O)c3cnc(OC4CCNCC4(F)F)cn3)cc(F)c2n1. The summed E-state index contributed by atoms with van der Waals surface area (Å²) in [6.45, 7) is 1.66. The summed E-state index contributed by atoms with van der Waals surface area (Å²) in [5.41, 5.74) is 0.912. The second kappa shape index (κ2) is 7.32. The molecule has 1 aliphatic heterocycles. The molecular formula is C18H17F3N6O2. The highest BCUT2D eigenvalue weighted by atomic mass is 19.3. The molecule has 4 heterocycles. The molecule has 0 saturated carbocycles. The lowest BCUT2D eigenvalue weighted by atomic mass is 10.1. The van der Waals surface area contributed by atoms with Crippen LogP contribution in [0.4, 0.5) is 18.9 Å². The van der Waals surface area contributed by atoms with Crippen LogP contribution in [-0.2, 0) is 0 Å². The molecule has 1 fully saturated rings. The Morgan fingerprint density at radius 2 is 2.17 bits per heavy atom. The largest absolute Gasteiger partial charge is 0.467 e. The average molecular weight is 406 g/mol. The number of aryl methyl sites for hydroxylation is 1. The molecule has 1 unspecified atom stereocenters. The molecule has 1 amide bonds. The first-order chi connectivity index (χ1) is 13.8. The first kappa shape index (κ1) is 19.1. The minimum Gasteiger partial charge on any atom is -0.467 e. The third-order valence-electron chi connectivity index (χ3n) is 4.42. The predicted molar refractivity (Wildman–Crippen MR) is 96.7 cm³/mol. The maximum Gasteiger partial charge on any atom is 0.296 e. The highest BCUT2D eigenvalue weighted by Gasteiger charge is 2.43. The zero-order valence-corrected chi connectivity index (χ0v) is 15.3. The van der Waals surface area contributed by atoms with E-state index in [1.54, 1.807) is 13.1 Å². The second-order valence-corrected chi connectivity index (χ2v) is 6.72. The summed E-state index contributed by atoms with van der Waals surface area (Å²) < 4.78 is 48.4. The van der Waals surface area contributed by atoms with E-state index in [9.17, 15) is 18.0 Å². The second-order valence-electron chi connectivity index (χ2n) is 6.72. The summed E-state index contributed by atoms with van der Waals surface area (Å²) in [5.74, 6) is -4.35. The van der Waals surface area contributed by atoms with Gasteiger partial charge < -0.3 is 19.8 Å². The fourth-order valence-corrected chi connectivity index (χ4v) is 3.04. The number of aromatic nitrogens is 4. The molecule has 8 nitrogen and oxygen atoms in total. The maximum atomic E-state index is 14.1. The molecule has 0 bridgehead atoms. The van der Waals surface area contributed by atoms with Gasteiger partial charge in [-0.2, -0.15) is 0 Å². The molecule has 152 valence electrons. The average Bonchev–Trinajstić information content (AvgIpc) is 3.05. The Morgan fingerprint density at radius 1 is 1.34 bits per heavy atom. The number of hydrogen-bond acceptors (Lipinski definition) is 6. The van der Waals surface area contributed by atoms with Crippen molar-refractivity contribution in [2.45, 2.75) is 25.4 Å². The summed E-state index contributed by atoms with van der Waals surface area (Å²) in [6, 6.07) is 1.14. The number of fused-ring (bicyclic) bond motifs is 1. The van der Waals surface area contributed by atoms with Crippen LogP contribution in [0.25, 0.3) is 5.65 Å². The maximum absolute atomic E-state index is 14.1. The van der Waals surface area contributed by atoms with Crippen LogP contribution < -0.4 is 15.4 Å². The lowest BCUT2D eigenvalue weighted by Gasteiger charge is -2.31. The Labute approximate surface area is 163 Å². The molecule has 0 spiro atoms. The number of halogens is 3. The van der Waals surface area contributed by atoms with Gasteiger partial charge in [0.1, 0.15) is 5.69 Å². The lowest BCUT2D eigenvalue weighted by molar-refractivity contribution is -0.110. The number of alkyl halides is 2. The third kappa shape index (κ3) is 3.99. The molecule has 3 aromatic heterocycles. The number of anilines is 1. The Bertz CT molecular complexity index is 1050. The molecule has 0 aliphatic carbocycles. The van der Waals surface area contributed by atoms with E-state index in [0.29, 0.717) is 12.2 Å². The van der Waals surface area contributed by atoms with Crippen LogP contribution in [0, 0.1) is 12.7 Å². The molecule has 1 saturated heterocycles. The van der Waals surface area contributed by atoms with E-state index in [1.807, 2.05) is 0 Å². The minimum absolute atomic E-state index is 0.0725. The Hall–Kier alpha value is -3.21. The van der Waals surface area contributed by atoms with E-state index >= 15 is 0 Å². The highest BCUT2D eigenvalue weighted by Crippen LogP contribution is 2.27. The molecule has 4 rings (SSSR count). The highest BCUT2D eigenvalue weighted by molar-refractivity contribution is 6.02. The first-order valence-electron chi connectivity index (χ1n) is 8.85. The van der Waals surface area contributed by atoms with Gasteiger partial charge in [-0.05, 0) is 13.5 Å². The lowest BCUT2D eigenvalue weighted by Crippen LogP contribution is -2.52. The molecular weight excluding hydrogens is 389 g/mol. The molecule has 1 atom stereocenters. The van der Waals surface area contributed by atoms with E-state index < -0.39 is 30.3 Å². The summed E-state index contributed by atoms with van der Waals surface area (Å²) in [7, 11) is 0. The Morgan fingerprint density at radius 3 is 2.90 bits per heavy atom. The molecule has 2 N–H and O–H groups in total. The molecule has 29 heavy (non-hydrogen) atoms. The monoisotopic (exact) mass is 406 g/mol. The van der Waals surface area contributed by atoms with Crippen LogP contribution in [0.5, 0.6) is 5.88 Å². The van der Waals surface area contributed by atoms with Crippen LogP contribution in [-0.4, -0.2) is 50.4 Å². The quantitative estimate of drug-likeness (QED) is 0.690. The van der Waals surface area contributed by atoms with Crippen LogP contribution in [0.2, 0.25) is 0 Å². The van der Waals surface area contributed by atoms with Gasteiger partial charge in [-0.3, -0.25) is 4.79 Å². The summed E-state index contributed by atoms with van der Waals surface area (Å²) in [5, 5.41) is 5.12. The number of carbonyl (C=O) groups is 1. The van der Waals surface area contributed by atoms with Gasteiger partial charge in [0.15, 0.2) is 17.6 Å². The number of nitrogens with one attached hydrogen (secondary N) is 2. The van der Waals surface area contributed by atoms with Crippen molar-refractivity contribution < 1.29 is 22.7 Å². The van der Waals surface area contributed by atoms with E-state index in [-0.39, 0.29) is 29.3 Å². The van der Waals surface area contributed by atoms with Gasteiger partial charge >= 0.3 is 0 Å². The summed E-state index contributed by atoms with van der Waals surface area (Å²) >= 11 is 0. The summed E-state index contributed by atoms with van der Waals surface area (Å²) in [6.07, 6.45) is 4.16. The Balaban J connectivity index is 1.45. The topological polar surface area (TPSA) is 93.4 Å². The van der Waals surface area contributed by atoms with Gasteiger partial charge in [0.2, 0.25) is 5.88 Å². The standard InChI is InChI=1S/C18H17F3N6O2/c1-10-7-27-8-11(4-12(19)16(27)25-10)26-17(28)13-5-24-15(6-23-13)29-14-2-3-22-9-18(14,20)21/h4-8,14,22H,2-3,9H2,1H3,(H,26,28). The van der Waals surface area contributed by atoms with E-state index in [2.05, 4.69) is 25.6 Å². The third-order valence-corrected chi connectivity index (χ3v) is 4.42. The van der Waals surface area contributed by atoms with Gasteiger partial charge in [0.05, 0.1) is 30.3 Å². The van der Waals surface area contributed by atoms with Crippen molar-refractivity contribution in [2.75, 3.05) is 18.4 Å². The first-order valence-corrected chi connectivity index (χ1v) is 8.85. The fraction of sp³-hybridized carbons (Fsp3) is 0.333. The number of rotatable bonds is 4. The van der Waals surface area contributed by atoms with Gasteiger partial charge in [-0.15, -0.1) is 0 Å². The van der Waals surface area contributed by atoms with Gasteiger partial charge in [-0.25, -0.2) is 28.1 Å². The van der Waals surface area contributed by atoms with E-state index in [4.69, 9.17) is 4.74 Å². The minimum atomic E-state index is -3.02. The fourth-order valence-electron chi connectivity index (χ4n) is 3.04. The number of imidazole rings is 1. The van der Waals surface area contributed by atoms with E-state index in [1.165, 1.54) is 10.6 Å². The van der Waals surface area contributed by atoms with Crippen LogP contribution in [0.15, 0.2) is 30.9 Å². The zero-order chi connectivity index (χ0) is 20.6. The molecule has 0 radical (unpaired) electrons. The van der Waals surface area contributed by atoms with Gasteiger partial charge in [-0.1, -0.05) is 0 Å². The molecule has 11 heteroatoms. The smallest absolute Gasteiger partial charge is 0.296 e. The number of carbonyl (C=O) groups excluding carboxylic acids is 1. The molecule has 3 aromatic rings. The molecule has 0 aromatic carbocycles. The normalized spacial score (nSPS) is 18.6. The van der Waals surface area contributed by atoms with Crippen LogP contribution in [0.3, 0.4) is 0 Å². The molecule has 1 aliphatic rings. The van der Waals surface area contributed by atoms with Crippen molar-refractivity contribution in [2.24, 2.45) is 0 Å². The number of pyridine rings is 1. The van der Waals surface area contributed by atoms with Crippen LogP contribution >= 0.6 is 0 Å². The van der Waals surface area contributed by atoms with Crippen molar-refractivity contribution in [1.82, 2.24) is 24.7 Å². The Kier molecular flexibility index (Phi) is 4.82. The van der Waals surface area contributed by atoms with Crippen molar-refractivity contribution in [3.05, 3.63) is 48.1 Å². The number of piperidine rings is 1. The van der Waals surface area contributed by atoms with Crippen molar-refractivity contribution >= 4 is 17.2 Å². The van der Waals surface area contributed by atoms with Crippen LogP contribution in [0.1, 0.15) is 22.6 Å². The van der Waals surface area contributed by atoms with Gasteiger partial charge in [0.25, 0.3) is 11.8 Å². The predicted octanol–water partition coefficient (Wildman–Crippen LogP) is 2.20. The van der Waals surface area contributed by atoms with Gasteiger partial charge in [0, 0.05) is 24.9 Å². The van der Waals surface area contributed by atoms with Crippen molar-refractivity contribution in [3.63, 3.8) is 0 Å². The number of hydrogen-bond donors (Lipinski definition) is 2. The summed E-state index contributed by atoms with van der Waals surface area (Å²) in [4.78, 5) is 24.2. The van der Waals surface area contributed by atoms with Crippen molar-refractivity contribution in [3.8, 4) is 5.88 Å². The number of amides is 1. The van der Waals surface area contributed by atoms with Crippen molar-refractivity contribution in [1.29, 1.82) is 0 Å². The van der Waals surface area contributed by atoms with E-state index in [0.717, 1.165) is 18.5 Å².